The largest absolute Gasteiger partial charge is 0.365 e. The number of nitrogens with two attached hydrogens (primary N) is 1. The van der Waals surface area contributed by atoms with Gasteiger partial charge >= 0.3 is 0 Å². The van der Waals surface area contributed by atoms with E-state index in [-0.39, 0.29) is 22.5 Å². The Morgan fingerprint density at radius 1 is 1.28 bits per heavy atom. The summed E-state index contributed by atoms with van der Waals surface area (Å²) in [7, 11) is 0. The summed E-state index contributed by atoms with van der Waals surface area (Å²) in [5.74, 6) is -1.35. The molecule has 1 aromatic heterocycles. The van der Waals surface area contributed by atoms with Crippen LogP contribution in [0, 0.1) is 5.82 Å². The van der Waals surface area contributed by atoms with Crippen LogP contribution in [0.1, 0.15) is 54.2 Å². The number of amides is 2. The molecule has 1 aromatic carbocycles. The molecule has 0 spiro atoms. The average molecular weight is 420 g/mol. The van der Waals surface area contributed by atoms with E-state index >= 15 is 0 Å². The summed E-state index contributed by atoms with van der Waals surface area (Å²) in [6, 6.07) is 3.69. The molecule has 1 saturated carbocycles. The molecule has 1 unspecified atom stereocenters. The van der Waals surface area contributed by atoms with E-state index in [1.54, 1.807) is 4.68 Å². The number of carbonyl (C=O) groups excluding carboxylic acids is 2. The van der Waals surface area contributed by atoms with Gasteiger partial charge in [0, 0.05) is 24.7 Å². The first kappa shape index (κ1) is 19.8. The second-order valence-electron chi connectivity index (χ2n) is 7.60. The first-order chi connectivity index (χ1) is 14.0. The Kier molecular flexibility index (Phi) is 5.56. The molecule has 2 aromatic rings. The Balaban J connectivity index is 1.70. The Morgan fingerprint density at radius 2 is 2.03 bits per heavy atom. The van der Waals surface area contributed by atoms with Crippen LogP contribution in [-0.2, 0) is 11.3 Å². The molecule has 1 aliphatic carbocycles. The SMILES string of the molecule is NC(=O)c1c(-c2ccc(F)c(Cl)c2)nn2c1CNCC2C(=O)NC1CCCCC1. The zero-order chi connectivity index (χ0) is 20.5. The van der Waals surface area contributed by atoms with Crippen molar-refractivity contribution in [3.63, 3.8) is 0 Å². The van der Waals surface area contributed by atoms with Gasteiger partial charge in [-0.2, -0.15) is 5.10 Å². The number of hydrogen-bond acceptors (Lipinski definition) is 4. The molecule has 4 N–H and O–H groups in total. The smallest absolute Gasteiger partial charge is 0.252 e. The van der Waals surface area contributed by atoms with Crippen LogP contribution >= 0.6 is 11.6 Å². The minimum Gasteiger partial charge on any atom is -0.365 e. The second-order valence-corrected chi connectivity index (χ2v) is 8.01. The second kappa shape index (κ2) is 8.12. The summed E-state index contributed by atoms with van der Waals surface area (Å²) in [6.07, 6.45) is 5.38. The summed E-state index contributed by atoms with van der Waals surface area (Å²) in [4.78, 5) is 25.2. The van der Waals surface area contributed by atoms with E-state index in [1.807, 2.05) is 0 Å². The number of fused-ring (bicyclic) bond motifs is 1. The fraction of sp³-hybridized carbons (Fsp3) is 0.450. The number of nitrogens with one attached hydrogen (secondary N) is 2. The maximum absolute atomic E-state index is 13.6. The first-order valence-electron chi connectivity index (χ1n) is 9.83. The van der Waals surface area contributed by atoms with Gasteiger partial charge in [-0.25, -0.2) is 4.39 Å². The molecule has 2 heterocycles. The van der Waals surface area contributed by atoms with Crippen LogP contribution in [0.15, 0.2) is 18.2 Å². The summed E-state index contributed by atoms with van der Waals surface area (Å²) in [6.45, 7) is 0.752. The lowest BCUT2D eigenvalue weighted by molar-refractivity contribution is -0.125. The Morgan fingerprint density at radius 3 is 2.72 bits per heavy atom. The summed E-state index contributed by atoms with van der Waals surface area (Å²) >= 11 is 5.91. The number of primary amides is 1. The Bertz CT molecular complexity index is 955. The summed E-state index contributed by atoms with van der Waals surface area (Å²) in [5, 5.41) is 10.8. The van der Waals surface area contributed by atoms with Crippen molar-refractivity contribution in [1.29, 1.82) is 0 Å². The van der Waals surface area contributed by atoms with Crippen molar-refractivity contribution in [1.82, 2.24) is 20.4 Å². The fourth-order valence-electron chi connectivity index (χ4n) is 4.16. The zero-order valence-electron chi connectivity index (χ0n) is 15.9. The predicted molar refractivity (Wildman–Crippen MR) is 107 cm³/mol. The molecule has 154 valence electrons. The molecule has 1 aliphatic heterocycles. The molecule has 1 fully saturated rings. The van der Waals surface area contributed by atoms with Gasteiger partial charge in [0.15, 0.2) is 0 Å². The molecule has 9 heteroatoms. The summed E-state index contributed by atoms with van der Waals surface area (Å²) in [5.41, 5.74) is 7.16. The normalized spacial score (nSPS) is 19.6. The Hall–Kier alpha value is -2.45. The van der Waals surface area contributed by atoms with Crippen LogP contribution < -0.4 is 16.4 Å². The molecule has 4 rings (SSSR count). The third-order valence-electron chi connectivity index (χ3n) is 5.63. The Labute approximate surface area is 172 Å². The fourth-order valence-corrected chi connectivity index (χ4v) is 4.34. The predicted octanol–water partition coefficient (Wildman–Crippen LogP) is 2.53. The van der Waals surface area contributed by atoms with E-state index in [0.717, 1.165) is 25.7 Å². The molecule has 7 nitrogen and oxygen atoms in total. The van der Waals surface area contributed by atoms with Crippen LogP contribution in [0.25, 0.3) is 11.3 Å². The highest BCUT2D eigenvalue weighted by atomic mass is 35.5. The highest BCUT2D eigenvalue weighted by Crippen LogP contribution is 2.31. The molecule has 2 amide bonds. The van der Waals surface area contributed by atoms with Crippen molar-refractivity contribution in [2.45, 2.75) is 50.7 Å². The van der Waals surface area contributed by atoms with Crippen molar-refractivity contribution >= 4 is 23.4 Å². The van der Waals surface area contributed by atoms with Gasteiger partial charge in [-0.15, -0.1) is 0 Å². The van der Waals surface area contributed by atoms with Crippen molar-refractivity contribution in [3.8, 4) is 11.3 Å². The molecule has 29 heavy (non-hydrogen) atoms. The van der Waals surface area contributed by atoms with E-state index in [0.29, 0.717) is 30.0 Å². The van der Waals surface area contributed by atoms with E-state index in [1.165, 1.54) is 24.6 Å². The number of benzene rings is 1. The number of rotatable bonds is 4. The van der Waals surface area contributed by atoms with E-state index in [9.17, 15) is 14.0 Å². The number of nitrogens with zero attached hydrogens (tertiary/aromatic N) is 2. The van der Waals surface area contributed by atoms with Crippen molar-refractivity contribution in [3.05, 3.63) is 40.3 Å². The van der Waals surface area contributed by atoms with Crippen LogP contribution in [0.4, 0.5) is 4.39 Å². The van der Waals surface area contributed by atoms with Gasteiger partial charge in [0.25, 0.3) is 5.91 Å². The first-order valence-corrected chi connectivity index (χ1v) is 10.2. The number of halogens is 2. The van der Waals surface area contributed by atoms with Gasteiger partial charge in [-0.3, -0.25) is 14.3 Å². The number of aromatic nitrogens is 2. The third kappa shape index (κ3) is 3.86. The minimum absolute atomic E-state index is 0.0754. The summed E-state index contributed by atoms with van der Waals surface area (Å²) < 4.78 is 15.1. The molecule has 1 atom stereocenters. The molecule has 0 saturated heterocycles. The average Bonchev–Trinajstić information content (AvgIpc) is 3.10. The van der Waals surface area contributed by atoms with Crippen LogP contribution in [-0.4, -0.2) is 34.2 Å². The monoisotopic (exact) mass is 419 g/mol. The van der Waals surface area contributed by atoms with E-state index in [4.69, 9.17) is 17.3 Å². The van der Waals surface area contributed by atoms with Crippen LogP contribution in [0.2, 0.25) is 5.02 Å². The number of carbonyl (C=O) groups is 2. The third-order valence-corrected chi connectivity index (χ3v) is 5.92. The zero-order valence-corrected chi connectivity index (χ0v) is 16.6. The van der Waals surface area contributed by atoms with Crippen molar-refractivity contribution in [2.75, 3.05) is 6.54 Å². The highest BCUT2D eigenvalue weighted by molar-refractivity contribution is 6.31. The molecular formula is C20H23ClFN5O2. The van der Waals surface area contributed by atoms with Gasteiger partial charge in [0.1, 0.15) is 17.6 Å². The van der Waals surface area contributed by atoms with Gasteiger partial charge < -0.3 is 16.4 Å². The van der Waals surface area contributed by atoms with Crippen LogP contribution in [0.3, 0.4) is 0 Å². The van der Waals surface area contributed by atoms with Gasteiger partial charge in [-0.05, 0) is 31.0 Å². The molecule has 0 bridgehead atoms. The van der Waals surface area contributed by atoms with E-state index in [2.05, 4.69) is 15.7 Å². The lowest BCUT2D eigenvalue weighted by Crippen LogP contribution is -2.46. The maximum Gasteiger partial charge on any atom is 0.252 e. The molecule has 0 radical (unpaired) electrons. The van der Waals surface area contributed by atoms with Crippen molar-refractivity contribution < 1.29 is 14.0 Å². The lowest BCUT2D eigenvalue weighted by Gasteiger charge is -2.28. The van der Waals surface area contributed by atoms with E-state index < -0.39 is 17.8 Å². The molecule has 2 aliphatic rings. The lowest BCUT2D eigenvalue weighted by atomic mass is 9.95. The van der Waals surface area contributed by atoms with Gasteiger partial charge in [0.05, 0.1) is 16.3 Å². The number of hydrogen-bond donors (Lipinski definition) is 3. The molecular weight excluding hydrogens is 397 g/mol. The highest BCUT2D eigenvalue weighted by Gasteiger charge is 2.34. The quantitative estimate of drug-likeness (QED) is 0.708. The standard InChI is InChI=1S/C20H23ClFN5O2/c21-13-8-11(6-7-14(13)22)18-17(19(23)28)15-9-24-10-16(27(15)26-18)20(29)25-12-4-2-1-3-5-12/h6-8,12,16,24H,1-5,9-10H2,(H2,23,28)(H,25,29). The minimum atomic E-state index is -0.656. The van der Waals surface area contributed by atoms with Crippen molar-refractivity contribution in [2.24, 2.45) is 5.73 Å². The van der Waals surface area contributed by atoms with Crippen LogP contribution in [0.5, 0.6) is 0 Å². The van der Waals surface area contributed by atoms with Gasteiger partial charge in [0.2, 0.25) is 5.91 Å². The topological polar surface area (TPSA) is 102 Å². The van der Waals surface area contributed by atoms with Gasteiger partial charge in [-0.1, -0.05) is 30.9 Å². The maximum atomic E-state index is 13.6.